The van der Waals surface area contributed by atoms with Crippen molar-refractivity contribution < 1.29 is 22.2 Å². The Hall–Kier alpha value is -6.70. The average Bonchev–Trinajstić information content (AvgIpc) is 3.69. The number of benzene rings is 9. The molecule has 1 nitrogen and oxygen atoms in total. The van der Waals surface area contributed by atoms with Crippen LogP contribution in [0.4, 0.5) is 0 Å². The van der Waals surface area contributed by atoms with Gasteiger partial charge in [-0.2, -0.15) is 0 Å². The maximum absolute atomic E-state index is 9.91. The molecule has 0 amide bonds. The largest absolute Gasteiger partial charge is 0.456 e. The lowest BCUT2D eigenvalue weighted by Gasteiger charge is -2.19. The van der Waals surface area contributed by atoms with Gasteiger partial charge in [0.05, 0.1) is 17.8 Å². The third-order valence-electron chi connectivity index (χ3n) is 9.30. The smallest absolute Gasteiger partial charge is 0.136 e. The Morgan fingerprint density at radius 3 is 1.55 bits per heavy atom. The Labute approximate surface area is 315 Å². The molecule has 238 valence electrons. The molecule has 0 spiro atoms. The molecule has 0 radical (unpaired) electrons. The van der Waals surface area contributed by atoms with Crippen LogP contribution in [0.1, 0.15) is 17.8 Å². The van der Waals surface area contributed by atoms with Crippen molar-refractivity contribution in [1.29, 1.82) is 0 Å². The van der Waals surface area contributed by atoms with E-state index >= 15 is 0 Å². The predicted octanol–water partition coefficient (Wildman–Crippen LogP) is 14.2. The Morgan fingerprint density at radius 2 is 0.902 bits per heavy atom. The van der Waals surface area contributed by atoms with Gasteiger partial charge in [-0.25, -0.2) is 0 Å². The maximum Gasteiger partial charge on any atom is 0.136 e. The molecule has 1 heterocycles. The summed E-state index contributed by atoms with van der Waals surface area (Å²) in [5, 5.41) is 4.12. The van der Waals surface area contributed by atoms with Gasteiger partial charge < -0.3 is 4.42 Å². The van der Waals surface area contributed by atoms with Gasteiger partial charge in [-0.05, 0) is 114 Å². The van der Waals surface area contributed by atoms with Crippen LogP contribution in [0, 0.1) is 0 Å². The van der Waals surface area contributed by atoms with Gasteiger partial charge in [-0.1, -0.05) is 157 Å². The summed E-state index contributed by atoms with van der Waals surface area (Å²) >= 11 is 0. The zero-order valence-corrected chi connectivity index (χ0v) is 26.9. The molecule has 10 rings (SSSR count). The van der Waals surface area contributed by atoms with Gasteiger partial charge in [0.25, 0.3) is 0 Å². The molecule has 0 saturated carbocycles. The third kappa shape index (κ3) is 4.94. The molecule has 0 aliphatic heterocycles. The molecule has 51 heavy (non-hydrogen) atoms. The number of hydrogen-bond acceptors (Lipinski definition) is 1. The van der Waals surface area contributed by atoms with Crippen LogP contribution in [0.25, 0.3) is 99.1 Å². The average molecular weight is 662 g/mol. The molecule has 0 saturated heterocycles. The molecule has 0 aliphatic rings. The first-order valence-corrected chi connectivity index (χ1v) is 16.5. The third-order valence-corrected chi connectivity index (χ3v) is 9.30. The summed E-state index contributed by atoms with van der Waals surface area (Å²) in [7, 11) is 0. The normalized spacial score (nSPS) is 15.1. The van der Waals surface area contributed by atoms with Gasteiger partial charge in [0.1, 0.15) is 11.2 Å². The van der Waals surface area contributed by atoms with Crippen LogP contribution in [-0.2, 0) is 0 Å². The van der Waals surface area contributed by atoms with E-state index in [0.29, 0.717) is 49.4 Å². The first-order valence-electron chi connectivity index (χ1n) is 23.0. The van der Waals surface area contributed by atoms with Gasteiger partial charge in [-0.15, -0.1) is 0 Å². The number of fused-ring (bicyclic) bond motifs is 5. The molecule has 0 atom stereocenters. The molecule has 0 fully saturated rings. The first-order chi connectivity index (χ1) is 30.7. The summed E-state index contributed by atoms with van der Waals surface area (Å²) in [5.41, 5.74) is 3.84. The lowest BCUT2D eigenvalue weighted by Crippen LogP contribution is -1.92. The van der Waals surface area contributed by atoms with Crippen molar-refractivity contribution in [2.75, 3.05) is 0 Å². The molecule has 0 unspecified atom stereocenters. The summed E-state index contributed by atoms with van der Waals surface area (Å²) in [4.78, 5) is 0. The zero-order valence-electron chi connectivity index (χ0n) is 39.9. The van der Waals surface area contributed by atoms with E-state index < -0.39 is 48.3 Å². The van der Waals surface area contributed by atoms with Crippen LogP contribution >= 0.6 is 0 Å². The number of furan rings is 1. The standard InChI is InChI=1S/C50H32O/c1-4-15-33(16-5-1)36-27-28-46-45(32-36)50-44(25-14-26-47(50)51-46)49-42-23-12-10-21-40(42)48(41-22-11-13-24-43(41)49)39-30-37(34-17-6-2-7-18-34)29-38(31-39)35-19-8-3-9-20-35/h1-32H/i1D,2D,4D,5D,6D,7D,15D,16D,17D,18D,29D,30D,31D. The quantitative estimate of drug-likeness (QED) is 0.167. The molecule has 0 N–H and O–H groups in total. The van der Waals surface area contributed by atoms with Crippen LogP contribution in [0.5, 0.6) is 0 Å². The Bertz CT molecular complexity index is 3540. The van der Waals surface area contributed by atoms with E-state index in [0.717, 1.165) is 21.9 Å². The van der Waals surface area contributed by atoms with Crippen molar-refractivity contribution in [2.45, 2.75) is 0 Å². The van der Waals surface area contributed by atoms with E-state index in [4.69, 9.17) is 18.1 Å². The van der Waals surface area contributed by atoms with Crippen molar-refractivity contribution in [2.24, 2.45) is 0 Å². The second-order valence-electron chi connectivity index (χ2n) is 12.2. The fourth-order valence-electron chi connectivity index (χ4n) is 7.12. The van der Waals surface area contributed by atoms with Crippen molar-refractivity contribution in [1.82, 2.24) is 0 Å². The van der Waals surface area contributed by atoms with E-state index in [1.54, 1.807) is 48.5 Å². The Balaban J connectivity index is 1.33. The number of rotatable bonds is 5. The Morgan fingerprint density at radius 1 is 0.353 bits per heavy atom. The van der Waals surface area contributed by atoms with Gasteiger partial charge >= 0.3 is 0 Å². The van der Waals surface area contributed by atoms with Gasteiger partial charge in [0, 0.05) is 10.8 Å². The van der Waals surface area contributed by atoms with Crippen LogP contribution in [0.2, 0.25) is 0 Å². The lowest BCUT2D eigenvalue weighted by molar-refractivity contribution is 0.669. The van der Waals surface area contributed by atoms with E-state index in [1.807, 2.05) is 66.7 Å². The summed E-state index contributed by atoms with van der Waals surface area (Å²) in [6, 6.07) is 29.1. The summed E-state index contributed by atoms with van der Waals surface area (Å²) in [6.45, 7) is 0. The zero-order chi connectivity index (χ0) is 45.0. The molecule has 1 aromatic heterocycles. The highest BCUT2D eigenvalue weighted by molar-refractivity contribution is 6.26. The van der Waals surface area contributed by atoms with Crippen LogP contribution in [-0.4, -0.2) is 0 Å². The van der Waals surface area contributed by atoms with Crippen LogP contribution < -0.4 is 0 Å². The van der Waals surface area contributed by atoms with E-state index in [9.17, 15) is 4.11 Å². The summed E-state index contributed by atoms with van der Waals surface area (Å²) in [5.74, 6) is 0. The maximum atomic E-state index is 9.91. The Kier molecular flexibility index (Phi) is 4.45. The van der Waals surface area contributed by atoms with E-state index in [2.05, 4.69) is 0 Å². The lowest BCUT2D eigenvalue weighted by atomic mass is 9.83. The van der Waals surface area contributed by atoms with Crippen molar-refractivity contribution in [3.8, 4) is 55.6 Å². The van der Waals surface area contributed by atoms with Crippen molar-refractivity contribution >= 4 is 43.5 Å². The monoisotopic (exact) mass is 661 g/mol. The fourth-order valence-corrected chi connectivity index (χ4v) is 7.12. The van der Waals surface area contributed by atoms with Crippen LogP contribution in [0.15, 0.2) is 198 Å². The van der Waals surface area contributed by atoms with Gasteiger partial charge in [0.2, 0.25) is 0 Å². The van der Waals surface area contributed by atoms with E-state index in [1.165, 1.54) is 0 Å². The van der Waals surface area contributed by atoms with E-state index in [-0.39, 0.29) is 58.0 Å². The highest BCUT2D eigenvalue weighted by atomic mass is 16.3. The summed E-state index contributed by atoms with van der Waals surface area (Å²) < 4.78 is 121. The molecule has 0 bridgehead atoms. The minimum Gasteiger partial charge on any atom is -0.456 e. The SMILES string of the molecule is [2H]c1c([2H])c([2H])c(-c2ccc3oc4cccc(-c5c6ccccc6c(-c6c([2H])c(-c7ccccc7)c([2H])c(-c7c([2H])c([2H])c([2H])c([2H])c7[2H])c6[2H])c6ccccc56)c4c3c2)c([2H])c1[2H]. The first kappa shape index (κ1) is 18.9. The number of hydrogen-bond donors (Lipinski definition) is 0. The highest BCUT2D eigenvalue weighted by Crippen LogP contribution is 2.48. The molecular weight excluding hydrogens is 617 g/mol. The fraction of sp³-hybridized carbons (Fsp3) is 0. The second-order valence-corrected chi connectivity index (χ2v) is 12.2. The highest BCUT2D eigenvalue weighted by Gasteiger charge is 2.21. The summed E-state index contributed by atoms with van der Waals surface area (Å²) in [6.07, 6.45) is 0. The molecule has 9 aromatic carbocycles. The molecule has 10 aromatic rings. The van der Waals surface area contributed by atoms with Crippen molar-refractivity contribution in [3.05, 3.63) is 194 Å². The van der Waals surface area contributed by atoms with Gasteiger partial charge in [0.15, 0.2) is 0 Å². The van der Waals surface area contributed by atoms with Crippen LogP contribution in [0.3, 0.4) is 0 Å². The predicted molar refractivity (Wildman–Crippen MR) is 216 cm³/mol. The van der Waals surface area contributed by atoms with Crippen molar-refractivity contribution in [3.63, 3.8) is 0 Å². The minimum absolute atomic E-state index is 0.0638. The topological polar surface area (TPSA) is 13.1 Å². The molecule has 0 aliphatic carbocycles. The second kappa shape index (κ2) is 12.0. The van der Waals surface area contributed by atoms with Gasteiger partial charge in [-0.3, -0.25) is 0 Å². The molecular formula is C50H32O. The molecule has 1 heteroatoms. The minimum atomic E-state index is -0.603.